The zero-order valence-electron chi connectivity index (χ0n) is 15.9. The highest BCUT2D eigenvalue weighted by atomic mass is 19.4. The van der Waals surface area contributed by atoms with Crippen LogP contribution in [0.2, 0.25) is 0 Å². The number of fused-ring (bicyclic) bond motifs is 3. The van der Waals surface area contributed by atoms with Crippen LogP contribution in [-0.4, -0.2) is 21.6 Å². The Balaban J connectivity index is 1.88. The fraction of sp³-hybridized carbons (Fsp3) is 0.130. The van der Waals surface area contributed by atoms with E-state index in [0.29, 0.717) is 16.6 Å². The first-order valence-corrected chi connectivity index (χ1v) is 9.35. The number of rotatable bonds is 2. The van der Waals surface area contributed by atoms with Crippen molar-refractivity contribution < 1.29 is 17.9 Å². The molecule has 0 amide bonds. The molecule has 0 unspecified atom stereocenters. The molecule has 1 aliphatic heterocycles. The molecule has 150 valence electrons. The van der Waals surface area contributed by atoms with Gasteiger partial charge in [-0.3, -0.25) is 4.57 Å². The molecule has 30 heavy (non-hydrogen) atoms. The average Bonchev–Trinajstić information content (AvgIpc) is 3.11. The van der Waals surface area contributed by atoms with Gasteiger partial charge in [0.25, 0.3) is 0 Å². The molecule has 0 N–H and O–H groups in total. The third-order valence-corrected chi connectivity index (χ3v) is 5.12. The number of imidazole rings is 1. The number of halogens is 3. The van der Waals surface area contributed by atoms with E-state index in [1.165, 1.54) is 12.1 Å². The highest BCUT2D eigenvalue weighted by Crippen LogP contribution is 2.49. The van der Waals surface area contributed by atoms with Crippen molar-refractivity contribution in [2.24, 2.45) is 4.99 Å². The first kappa shape index (κ1) is 18.4. The first-order chi connectivity index (χ1) is 14.4. The van der Waals surface area contributed by atoms with Crippen molar-refractivity contribution in [2.45, 2.75) is 18.8 Å². The van der Waals surface area contributed by atoms with Crippen molar-refractivity contribution in [3.05, 3.63) is 95.6 Å². The largest absolute Gasteiger partial charge is 0.454 e. The van der Waals surface area contributed by atoms with Gasteiger partial charge in [0.15, 0.2) is 0 Å². The Bertz CT molecular complexity index is 1280. The quantitative estimate of drug-likeness (QED) is 0.427. The summed E-state index contributed by atoms with van der Waals surface area (Å²) in [5, 5.41) is 0. The molecule has 0 saturated heterocycles. The molecule has 0 radical (unpaired) electrons. The lowest BCUT2D eigenvalue weighted by Gasteiger charge is -2.40. The molecule has 0 aliphatic carbocycles. The summed E-state index contributed by atoms with van der Waals surface area (Å²) >= 11 is 0. The van der Waals surface area contributed by atoms with Crippen LogP contribution >= 0.6 is 0 Å². The fourth-order valence-electron chi connectivity index (χ4n) is 3.80. The zero-order valence-corrected chi connectivity index (χ0v) is 15.9. The van der Waals surface area contributed by atoms with Gasteiger partial charge in [-0.25, -0.2) is 4.98 Å². The normalized spacial score (nSPS) is 18.6. The van der Waals surface area contributed by atoms with E-state index in [-0.39, 0.29) is 17.4 Å². The minimum Gasteiger partial charge on any atom is -0.436 e. The summed E-state index contributed by atoms with van der Waals surface area (Å²) in [6.07, 6.45) is -4.79. The number of aryl methyl sites for hydroxylation is 1. The van der Waals surface area contributed by atoms with Crippen LogP contribution < -0.4 is 0 Å². The molecule has 1 aliphatic rings. The van der Waals surface area contributed by atoms with Gasteiger partial charge in [-0.15, -0.1) is 0 Å². The van der Waals surface area contributed by atoms with Crippen LogP contribution in [0, 0.1) is 6.92 Å². The lowest BCUT2D eigenvalue weighted by molar-refractivity contribution is -0.271. The van der Waals surface area contributed by atoms with Crippen LogP contribution in [0.25, 0.3) is 11.0 Å². The monoisotopic (exact) mass is 407 g/mol. The second-order valence-corrected chi connectivity index (χ2v) is 7.13. The minimum absolute atomic E-state index is 0.0537. The Morgan fingerprint density at radius 2 is 1.63 bits per heavy atom. The van der Waals surface area contributed by atoms with Crippen LogP contribution in [0.1, 0.15) is 16.7 Å². The number of aromatic nitrogens is 2. The van der Waals surface area contributed by atoms with E-state index in [1.54, 1.807) is 60.7 Å². The lowest BCUT2D eigenvalue weighted by Crippen LogP contribution is -2.53. The van der Waals surface area contributed by atoms with Crippen molar-refractivity contribution in [1.29, 1.82) is 0 Å². The maximum absolute atomic E-state index is 14.9. The molecule has 2 heterocycles. The summed E-state index contributed by atoms with van der Waals surface area (Å²) in [5.74, 6) is -0.178. The highest BCUT2D eigenvalue weighted by Gasteiger charge is 2.63. The van der Waals surface area contributed by atoms with E-state index in [2.05, 4.69) is 9.98 Å². The Hall–Kier alpha value is -3.61. The highest BCUT2D eigenvalue weighted by molar-refractivity contribution is 5.97. The van der Waals surface area contributed by atoms with Gasteiger partial charge in [0.1, 0.15) is 0 Å². The number of ether oxygens (including phenoxy) is 1. The van der Waals surface area contributed by atoms with Gasteiger partial charge in [-0.2, -0.15) is 18.2 Å². The number of para-hydroxylation sites is 2. The van der Waals surface area contributed by atoms with Gasteiger partial charge in [0, 0.05) is 11.1 Å². The standard InChI is InChI=1S/C23H16F3N3O/c1-15-8-7-9-16(14-15)20-28-21-27-18-12-5-6-13-19(18)29(21)22(30-20,23(24,25)26)17-10-3-2-4-11-17/h2-14H,1H3/t22-/m1/s1. The SMILES string of the molecule is Cc1cccc(C2=Nc3nc4ccccc4n3[C@@](c3ccccc3)(C(F)(F)F)O2)c1. The predicted octanol–water partition coefficient (Wildman–Crippen LogP) is 5.72. The molecule has 3 aromatic carbocycles. The molecule has 0 saturated carbocycles. The molecule has 0 spiro atoms. The van der Waals surface area contributed by atoms with Crippen molar-refractivity contribution >= 4 is 22.9 Å². The number of alkyl halides is 3. The number of hydrogen-bond donors (Lipinski definition) is 0. The topological polar surface area (TPSA) is 39.4 Å². The Kier molecular flexibility index (Phi) is 3.96. The van der Waals surface area contributed by atoms with Crippen molar-refractivity contribution in [1.82, 2.24) is 9.55 Å². The molecular formula is C23H16F3N3O. The van der Waals surface area contributed by atoms with Gasteiger partial charge in [-0.05, 0) is 31.2 Å². The van der Waals surface area contributed by atoms with E-state index in [9.17, 15) is 13.2 Å². The molecule has 0 fully saturated rings. The molecule has 5 rings (SSSR count). The summed E-state index contributed by atoms with van der Waals surface area (Å²) < 4.78 is 51.6. The molecule has 4 nitrogen and oxygen atoms in total. The number of benzene rings is 3. The van der Waals surface area contributed by atoms with E-state index in [4.69, 9.17) is 4.74 Å². The van der Waals surface area contributed by atoms with Gasteiger partial charge < -0.3 is 4.74 Å². The van der Waals surface area contributed by atoms with Crippen LogP contribution in [0.15, 0.2) is 83.9 Å². The molecular weight excluding hydrogens is 391 g/mol. The Morgan fingerprint density at radius 1 is 0.900 bits per heavy atom. The van der Waals surface area contributed by atoms with E-state index in [0.717, 1.165) is 10.1 Å². The Labute approximate surface area is 170 Å². The van der Waals surface area contributed by atoms with Crippen LogP contribution in [0.3, 0.4) is 0 Å². The van der Waals surface area contributed by atoms with E-state index < -0.39 is 11.9 Å². The number of aliphatic imine (C=N–C) groups is 1. The second kappa shape index (κ2) is 6.45. The molecule has 7 heteroatoms. The third kappa shape index (κ3) is 2.62. The molecule has 1 aromatic heterocycles. The maximum Gasteiger partial charge on any atom is 0.454 e. The summed E-state index contributed by atoms with van der Waals surface area (Å²) in [6.45, 7) is 1.86. The van der Waals surface area contributed by atoms with Gasteiger partial charge >= 0.3 is 11.9 Å². The number of hydrogen-bond acceptors (Lipinski definition) is 3. The molecule has 4 aromatic rings. The van der Waals surface area contributed by atoms with Gasteiger partial charge in [-0.1, -0.05) is 60.2 Å². The zero-order chi connectivity index (χ0) is 20.9. The fourth-order valence-corrected chi connectivity index (χ4v) is 3.80. The van der Waals surface area contributed by atoms with Crippen LogP contribution in [-0.2, 0) is 10.5 Å². The molecule has 0 bridgehead atoms. The number of nitrogens with zero attached hydrogens (tertiary/aromatic N) is 3. The molecule has 1 atom stereocenters. The summed E-state index contributed by atoms with van der Waals surface area (Å²) in [7, 11) is 0. The first-order valence-electron chi connectivity index (χ1n) is 9.35. The summed E-state index contributed by atoms with van der Waals surface area (Å²) in [4.78, 5) is 8.76. The van der Waals surface area contributed by atoms with Gasteiger partial charge in [0.05, 0.1) is 11.0 Å². The predicted molar refractivity (Wildman–Crippen MR) is 108 cm³/mol. The average molecular weight is 407 g/mol. The van der Waals surface area contributed by atoms with Crippen molar-refractivity contribution in [3.63, 3.8) is 0 Å². The Morgan fingerprint density at radius 3 is 2.37 bits per heavy atom. The maximum atomic E-state index is 14.9. The van der Waals surface area contributed by atoms with Crippen molar-refractivity contribution in [3.8, 4) is 0 Å². The summed E-state index contributed by atoms with van der Waals surface area (Å²) in [6, 6.07) is 21.3. The van der Waals surface area contributed by atoms with Crippen molar-refractivity contribution in [2.75, 3.05) is 0 Å². The van der Waals surface area contributed by atoms with Crippen LogP contribution in [0.4, 0.5) is 19.1 Å². The minimum atomic E-state index is -4.79. The van der Waals surface area contributed by atoms with Gasteiger partial charge in [0.2, 0.25) is 11.8 Å². The summed E-state index contributed by atoms with van der Waals surface area (Å²) in [5.41, 5.74) is -0.814. The smallest absolute Gasteiger partial charge is 0.436 e. The lowest BCUT2D eigenvalue weighted by atomic mass is 10.00. The van der Waals surface area contributed by atoms with E-state index >= 15 is 0 Å². The second-order valence-electron chi connectivity index (χ2n) is 7.13. The third-order valence-electron chi connectivity index (χ3n) is 5.12. The van der Waals surface area contributed by atoms with E-state index in [1.807, 2.05) is 13.0 Å². The van der Waals surface area contributed by atoms with Crippen LogP contribution in [0.5, 0.6) is 0 Å².